The second-order valence-electron chi connectivity index (χ2n) is 8.78. The Kier molecular flexibility index (Phi) is 3.28. The van der Waals surface area contributed by atoms with Crippen molar-refractivity contribution in [2.75, 3.05) is 0 Å². The quantitative estimate of drug-likeness (QED) is 0.289. The lowest BCUT2D eigenvalue weighted by atomic mass is 9.77. The van der Waals surface area contributed by atoms with Crippen LogP contribution in [0.15, 0.2) is 78.9 Å². The molecule has 7 rings (SSSR count). The van der Waals surface area contributed by atoms with Gasteiger partial charge >= 0.3 is 5.97 Å². The third-order valence-corrected chi connectivity index (χ3v) is 7.21. The first kappa shape index (κ1) is 18.3. The summed E-state index contributed by atoms with van der Waals surface area (Å²) < 4.78 is 6.35. The van der Waals surface area contributed by atoms with E-state index in [-0.39, 0.29) is 11.5 Å². The van der Waals surface area contributed by atoms with E-state index in [1.54, 1.807) is 12.1 Å². The number of ether oxygens (including phenoxy) is 1. The van der Waals surface area contributed by atoms with Crippen LogP contribution in [0.4, 0.5) is 0 Å². The lowest BCUT2D eigenvalue weighted by molar-refractivity contribution is 0.0135. The first-order chi connectivity index (χ1) is 16.0. The average molecular weight is 430 g/mol. The molecule has 5 aromatic rings. The minimum absolute atomic E-state index is 0.0855. The fourth-order valence-corrected chi connectivity index (χ4v) is 5.80. The van der Waals surface area contributed by atoms with Crippen molar-refractivity contribution in [2.24, 2.45) is 0 Å². The molecule has 158 valence electrons. The Labute approximate surface area is 189 Å². The van der Waals surface area contributed by atoms with Crippen molar-refractivity contribution >= 4 is 27.5 Å². The minimum Gasteiger partial charge on any atom is -0.508 e. The van der Waals surface area contributed by atoms with Gasteiger partial charge in [0.05, 0.1) is 11.1 Å². The van der Waals surface area contributed by atoms with E-state index < -0.39 is 11.6 Å². The molecular formula is C29H18O4. The van der Waals surface area contributed by atoms with Crippen molar-refractivity contribution in [3.8, 4) is 22.6 Å². The van der Waals surface area contributed by atoms with E-state index in [0.29, 0.717) is 22.1 Å². The van der Waals surface area contributed by atoms with Crippen LogP contribution >= 0.6 is 0 Å². The van der Waals surface area contributed by atoms with Gasteiger partial charge in [-0.25, -0.2) is 4.79 Å². The normalized spacial score (nSPS) is 17.9. The molecule has 5 aromatic carbocycles. The fraction of sp³-hybridized carbons (Fsp3) is 0.0690. The van der Waals surface area contributed by atoms with Gasteiger partial charge in [-0.05, 0) is 58.7 Å². The second kappa shape index (κ2) is 5.93. The summed E-state index contributed by atoms with van der Waals surface area (Å²) in [5, 5.41) is 25.6. The van der Waals surface area contributed by atoms with Crippen LogP contribution in [0, 0.1) is 6.92 Å². The number of phenols is 2. The molecule has 1 unspecified atom stereocenters. The van der Waals surface area contributed by atoms with Crippen LogP contribution in [0.2, 0.25) is 0 Å². The topological polar surface area (TPSA) is 66.8 Å². The van der Waals surface area contributed by atoms with E-state index >= 15 is 0 Å². The molecule has 0 aromatic heterocycles. The second-order valence-corrected chi connectivity index (χ2v) is 8.78. The highest BCUT2D eigenvalue weighted by molar-refractivity contribution is 6.11. The first-order valence-electron chi connectivity index (χ1n) is 10.9. The first-order valence-corrected chi connectivity index (χ1v) is 10.9. The van der Waals surface area contributed by atoms with Gasteiger partial charge in [-0.3, -0.25) is 0 Å². The van der Waals surface area contributed by atoms with Crippen LogP contribution in [0.5, 0.6) is 11.5 Å². The van der Waals surface area contributed by atoms with Crippen LogP contribution in [0.1, 0.15) is 32.6 Å². The number of fused-ring (bicyclic) bond motifs is 7. The van der Waals surface area contributed by atoms with E-state index in [1.165, 1.54) is 0 Å². The van der Waals surface area contributed by atoms with Gasteiger partial charge < -0.3 is 14.9 Å². The summed E-state index contributed by atoms with van der Waals surface area (Å²) in [5.41, 5.74) is 3.53. The molecule has 4 nitrogen and oxygen atoms in total. The molecule has 0 fully saturated rings. The standard InChI is InChI=1S/C29H18O4/c1-15-23(30)13-12-22-24(15)20-14-17-6-2-3-9-18(17)27(31)26(20)29(22)21-11-5-8-16-7-4-10-19(25(16)21)28(32)33-29/h2-14,30-31H,1H3. The van der Waals surface area contributed by atoms with Gasteiger partial charge in [-0.15, -0.1) is 0 Å². The zero-order valence-electron chi connectivity index (χ0n) is 17.7. The van der Waals surface area contributed by atoms with Gasteiger partial charge in [-0.1, -0.05) is 54.6 Å². The molecule has 1 atom stereocenters. The molecular weight excluding hydrogens is 412 g/mol. The Morgan fingerprint density at radius 2 is 1.55 bits per heavy atom. The summed E-state index contributed by atoms with van der Waals surface area (Å²) in [6.07, 6.45) is 0. The zero-order valence-corrected chi connectivity index (χ0v) is 17.7. The highest BCUT2D eigenvalue weighted by Crippen LogP contribution is 2.61. The van der Waals surface area contributed by atoms with E-state index in [4.69, 9.17) is 4.74 Å². The van der Waals surface area contributed by atoms with Crippen LogP contribution in [-0.4, -0.2) is 16.2 Å². The maximum absolute atomic E-state index is 13.4. The van der Waals surface area contributed by atoms with Crippen molar-refractivity contribution < 1.29 is 19.7 Å². The van der Waals surface area contributed by atoms with E-state index in [9.17, 15) is 15.0 Å². The molecule has 2 N–H and O–H groups in total. The molecule has 0 saturated heterocycles. The third kappa shape index (κ3) is 2.04. The monoisotopic (exact) mass is 430 g/mol. The number of hydrogen-bond acceptors (Lipinski definition) is 4. The summed E-state index contributed by atoms with van der Waals surface area (Å²) >= 11 is 0. The Morgan fingerprint density at radius 1 is 0.788 bits per heavy atom. The van der Waals surface area contributed by atoms with Crippen LogP contribution in [0.25, 0.3) is 32.7 Å². The highest BCUT2D eigenvalue weighted by atomic mass is 16.6. The van der Waals surface area contributed by atoms with E-state index in [2.05, 4.69) is 0 Å². The number of aromatic hydroxyl groups is 2. The molecule has 1 spiro atoms. The highest BCUT2D eigenvalue weighted by Gasteiger charge is 2.54. The summed E-state index contributed by atoms with van der Waals surface area (Å²) in [6, 6.07) is 24.6. The number of carbonyl (C=O) groups excluding carboxylic acids is 1. The molecule has 33 heavy (non-hydrogen) atoms. The van der Waals surface area contributed by atoms with Crippen LogP contribution in [0.3, 0.4) is 0 Å². The predicted octanol–water partition coefficient (Wildman–Crippen LogP) is 6.16. The number of phenolic OH excluding ortho intramolecular Hbond substituents is 2. The van der Waals surface area contributed by atoms with Gasteiger partial charge in [0.2, 0.25) is 0 Å². The van der Waals surface area contributed by atoms with Gasteiger partial charge in [0.1, 0.15) is 11.5 Å². The Bertz CT molecular complexity index is 1690. The Balaban J connectivity index is 1.75. The van der Waals surface area contributed by atoms with Gasteiger partial charge in [0.25, 0.3) is 0 Å². The number of rotatable bonds is 0. The molecule has 2 aliphatic rings. The third-order valence-electron chi connectivity index (χ3n) is 7.21. The van der Waals surface area contributed by atoms with Gasteiger partial charge in [-0.2, -0.15) is 0 Å². The molecule has 0 radical (unpaired) electrons. The molecule has 1 aliphatic heterocycles. The average Bonchev–Trinajstić information content (AvgIpc) is 3.10. The van der Waals surface area contributed by atoms with Crippen molar-refractivity contribution in [3.63, 3.8) is 0 Å². The molecule has 0 bridgehead atoms. The van der Waals surface area contributed by atoms with Gasteiger partial charge in [0, 0.05) is 21.9 Å². The number of carbonyl (C=O) groups is 1. The van der Waals surface area contributed by atoms with Crippen molar-refractivity contribution in [1.82, 2.24) is 0 Å². The SMILES string of the molecule is Cc1c(O)ccc2c1-c1cc3ccccc3c(O)c1C21OC(=O)c2cccc3cccc1c23. The maximum atomic E-state index is 13.4. The fourth-order valence-electron chi connectivity index (χ4n) is 5.80. The van der Waals surface area contributed by atoms with Crippen molar-refractivity contribution in [2.45, 2.75) is 12.5 Å². The van der Waals surface area contributed by atoms with Crippen molar-refractivity contribution in [3.05, 3.63) is 107 Å². The number of hydrogen-bond donors (Lipinski definition) is 2. The number of benzene rings is 5. The molecule has 0 amide bonds. The summed E-state index contributed by atoms with van der Waals surface area (Å²) in [7, 11) is 0. The van der Waals surface area contributed by atoms with Crippen LogP contribution < -0.4 is 0 Å². The summed E-state index contributed by atoms with van der Waals surface area (Å²) in [6.45, 7) is 1.85. The maximum Gasteiger partial charge on any atom is 0.340 e. The predicted molar refractivity (Wildman–Crippen MR) is 127 cm³/mol. The summed E-state index contributed by atoms with van der Waals surface area (Å²) in [4.78, 5) is 13.4. The molecule has 1 heterocycles. The zero-order chi connectivity index (χ0) is 22.5. The Hall–Kier alpha value is -4.31. The van der Waals surface area contributed by atoms with E-state index in [0.717, 1.165) is 38.4 Å². The molecule has 4 heteroatoms. The summed E-state index contributed by atoms with van der Waals surface area (Å²) in [5.74, 6) is -0.191. The molecule has 1 aliphatic carbocycles. The smallest absolute Gasteiger partial charge is 0.340 e. The lowest BCUT2D eigenvalue weighted by Gasteiger charge is -2.37. The Morgan fingerprint density at radius 3 is 2.39 bits per heavy atom. The number of esters is 1. The van der Waals surface area contributed by atoms with Crippen molar-refractivity contribution in [1.29, 1.82) is 0 Å². The largest absolute Gasteiger partial charge is 0.508 e. The van der Waals surface area contributed by atoms with Crippen LogP contribution in [-0.2, 0) is 10.3 Å². The van der Waals surface area contributed by atoms with E-state index in [1.807, 2.05) is 73.7 Å². The lowest BCUT2D eigenvalue weighted by Crippen LogP contribution is -2.37. The minimum atomic E-state index is -1.32. The molecule has 0 saturated carbocycles. The van der Waals surface area contributed by atoms with Gasteiger partial charge in [0.15, 0.2) is 5.60 Å².